The van der Waals surface area contributed by atoms with Crippen LogP contribution in [0.3, 0.4) is 0 Å². The number of allylic oxidation sites excluding steroid dienone is 2. The van der Waals surface area contributed by atoms with E-state index in [0.29, 0.717) is 64.9 Å². The Bertz CT molecular complexity index is 2260. The van der Waals surface area contributed by atoms with E-state index < -0.39 is 37.5 Å². The molecule has 0 radical (unpaired) electrons. The lowest BCUT2D eigenvalue weighted by molar-refractivity contribution is -0.0717. The summed E-state index contributed by atoms with van der Waals surface area (Å²) in [6.45, 7) is 20.7. The summed E-state index contributed by atoms with van der Waals surface area (Å²) in [5, 5.41) is 50.0. The zero-order valence-corrected chi connectivity index (χ0v) is 47.7. The molecule has 73 heavy (non-hydrogen) atoms. The fraction of sp³-hybridized carbons (Fsp3) is 0.841. The van der Waals surface area contributed by atoms with Gasteiger partial charge in [0.1, 0.15) is 0 Å². The number of aliphatic hydroxyl groups excluding tert-OH is 1. The third-order valence-corrected chi connectivity index (χ3v) is 26.4. The Kier molecular flexibility index (Phi) is 15.8. The van der Waals surface area contributed by atoms with E-state index in [-0.39, 0.29) is 29.8 Å². The number of sulfone groups is 1. The summed E-state index contributed by atoms with van der Waals surface area (Å²) < 4.78 is 39.5. The molecule has 11 rings (SSSR count). The summed E-state index contributed by atoms with van der Waals surface area (Å²) in [4.78, 5) is 0.365. The average molecular weight is 1030 g/mol. The van der Waals surface area contributed by atoms with Gasteiger partial charge in [-0.15, -0.1) is 0 Å². The summed E-state index contributed by atoms with van der Waals surface area (Å²) in [5.41, 5.74) is 1.40. The Morgan fingerprint density at radius 3 is 1.56 bits per heavy atom. The van der Waals surface area contributed by atoms with E-state index in [9.17, 15) is 28.8 Å². The average Bonchev–Trinajstić information content (AvgIpc) is 4.16. The van der Waals surface area contributed by atoms with Crippen LogP contribution < -0.4 is 0 Å². The SMILES string of the molecule is CO.C[C@H](C(CC1(O)CCOC1)S(=O)(=O)c1ccccc1)[C@H]1CC[C@H]2[C@@H]3CC=C4C[C@@](C)(O)CC[C@]4(C)[C@H]3CC[C@]12C.C[C@H](CCC1(O)CCOC1)[C@H]1CC[C@H]2[C@@H]3CC=C4C[C@@](C)(O)CC[C@]4(C)[C@H]3CC[C@]12C. The van der Waals surface area contributed by atoms with Crippen molar-refractivity contribution in [3.05, 3.63) is 53.6 Å². The summed E-state index contributed by atoms with van der Waals surface area (Å²) >= 11 is 0. The molecule has 2 aliphatic heterocycles. The molecule has 5 N–H and O–H groups in total. The first-order valence-electron chi connectivity index (χ1n) is 29.5. The number of ether oxygens (including phenoxy) is 2. The van der Waals surface area contributed by atoms with Crippen LogP contribution in [0, 0.1) is 80.8 Å². The number of benzene rings is 1. The van der Waals surface area contributed by atoms with Crippen molar-refractivity contribution in [3.63, 3.8) is 0 Å². The molecule has 0 bridgehead atoms. The lowest BCUT2D eigenvalue weighted by Crippen LogP contribution is -2.53. The van der Waals surface area contributed by atoms with Crippen LogP contribution >= 0.6 is 0 Å². The smallest absolute Gasteiger partial charge is 0.181 e. The molecule has 1 aromatic rings. The lowest BCUT2D eigenvalue weighted by atomic mass is 9.46. The van der Waals surface area contributed by atoms with Gasteiger partial charge in [0.25, 0.3) is 0 Å². The zero-order valence-electron chi connectivity index (χ0n) is 46.8. The van der Waals surface area contributed by atoms with Gasteiger partial charge >= 0.3 is 0 Å². The minimum atomic E-state index is -3.64. The van der Waals surface area contributed by atoms with Crippen LogP contribution in [0.5, 0.6) is 0 Å². The van der Waals surface area contributed by atoms with Gasteiger partial charge in [0.05, 0.1) is 45.8 Å². The van der Waals surface area contributed by atoms with Crippen LogP contribution in [-0.4, -0.2) is 95.1 Å². The van der Waals surface area contributed by atoms with Gasteiger partial charge in [-0.1, -0.05) is 83.0 Å². The van der Waals surface area contributed by atoms with Crippen LogP contribution in [-0.2, 0) is 19.3 Å². The van der Waals surface area contributed by atoms with Gasteiger partial charge < -0.3 is 35.0 Å². The first kappa shape index (κ1) is 56.1. The molecule has 0 spiro atoms. The predicted octanol–water partition coefficient (Wildman–Crippen LogP) is 11.8. The van der Waals surface area contributed by atoms with Crippen molar-refractivity contribution < 1.29 is 43.4 Å². The monoisotopic (exact) mass is 1030 g/mol. The van der Waals surface area contributed by atoms with Crippen molar-refractivity contribution in [2.24, 2.45) is 80.8 Å². The van der Waals surface area contributed by atoms with E-state index in [1.54, 1.807) is 29.8 Å². The highest BCUT2D eigenvalue weighted by Gasteiger charge is 2.62. The van der Waals surface area contributed by atoms with E-state index in [4.69, 9.17) is 14.6 Å². The number of fused-ring (bicyclic) bond motifs is 10. The Labute approximate surface area is 442 Å². The number of rotatable bonds is 10. The highest BCUT2D eigenvalue weighted by molar-refractivity contribution is 7.92. The van der Waals surface area contributed by atoms with Crippen molar-refractivity contribution >= 4 is 9.84 Å². The highest BCUT2D eigenvalue weighted by atomic mass is 32.2. The quantitative estimate of drug-likeness (QED) is 0.144. The van der Waals surface area contributed by atoms with Crippen LogP contribution in [0.2, 0.25) is 0 Å². The van der Waals surface area contributed by atoms with Gasteiger partial charge in [0, 0.05) is 33.2 Å². The minimum absolute atomic E-state index is 0.0589. The molecule has 10 heteroatoms. The molecule has 8 aliphatic carbocycles. The molecule has 0 aromatic heterocycles. The van der Waals surface area contributed by atoms with E-state index in [1.165, 1.54) is 44.1 Å². The van der Waals surface area contributed by atoms with E-state index in [1.807, 2.05) is 19.9 Å². The third-order valence-electron chi connectivity index (χ3n) is 24.1. The Hall–Kier alpha value is -1.63. The van der Waals surface area contributed by atoms with Crippen LogP contribution in [0.25, 0.3) is 0 Å². The van der Waals surface area contributed by atoms with Crippen molar-refractivity contribution in [2.75, 3.05) is 33.5 Å². The van der Waals surface area contributed by atoms with Crippen molar-refractivity contribution in [1.82, 2.24) is 0 Å². The second-order valence-corrected chi connectivity index (χ2v) is 30.5. The minimum Gasteiger partial charge on any atom is -0.400 e. The number of hydrogen-bond donors (Lipinski definition) is 5. The fourth-order valence-electron chi connectivity index (χ4n) is 19.7. The maximum atomic E-state index is 14.2. The topological polar surface area (TPSA) is 154 Å². The van der Waals surface area contributed by atoms with Gasteiger partial charge in [-0.05, 0) is 229 Å². The molecule has 2 saturated heterocycles. The molecular weight excluding hydrogens is 933 g/mol. The van der Waals surface area contributed by atoms with Crippen molar-refractivity contribution in [3.8, 4) is 0 Å². The van der Waals surface area contributed by atoms with Crippen LogP contribution in [0.15, 0.2) is 58.5 Å². The summed E-state index contributed by atoms with van der Waals surface area (Å²) in [6.07, 6.45) is 26.8. The standard InChI is InChI=1S/C34H50O5S.C28H46O3.CH4O/c1-23(30(21-34(36)18-19-39-22-34)40(37,38)25-8-6-5-7-9-25)27-12-13-28-26-11-10-24-20-31(2,35)16-17-32(24,3)29(26)14-15-33(27,28)4;1-19(9-12-28(30)15-16-31-18-28)22-7-8-23-21-6-5-20-17-25(2,29)13-14-26(20,3)24(21)10-11-27(22,23)4;1-2/h5-10,23,26-30,35-36H,11-22H2,1-4H3;5,19,21-24,29-30H,6-18H2,1-4H3;2H,1H3/t23-,26-,27+,28-,29-,30?,31-,32-,33+,34?;19-,21+,22-,23+,24+,25+,26+,27-,28?;/m01./s1. The lowest BCUT2D eigenvalue weighted by Gasteiger charge is -2.59. The molecular formula is C63H100O9S. The zero-order chi connectivity index (χ0) is 52.6. The molecule has 3 unspecified atom stereocenters. The number of hydrogen-bond acceptors (Lipinski definition) is 9. The second-order valence-electron chi connectivity index (χ2n) is 28.4. The van der Waals surface area contributed by atoms with Crippen molar-refractivity contribution in [2.45, 2.75) is 223 Å². The molecule has 9 nitrogen and oxygen atoms in total. The molecule has 6 saturated carbocycles. The van der Waals surface area contributed by atoms with Crippen molar-refractivity contribution in [1.29, 1.82) is 0 Å². The van der Waals surface area contributed by atoms with Crippen LogP contribution in [0.1, 0.15) is 190 Å². The summed E-state index contributed by atoms with van der Waals surface area (Å²) in [7, 11) is -2.64. The van der Waals surface area contributed by atoms with Crippen LogP contribution in [0.4, 0.5) is 0 Å². The maximum absolute atomic E-state index is 14.2. The maximum Gasteiger partial charge on any atom is 0.181 e. The molecule has 19 atom stereocenters. The molecule has 2 heterocycles. The van der Waals surface area contributed by atoms with Gasteiger partial charge in [-0.25, -0.2) is 8.42 Å². The molecule has 10 aliphatic rings. The Morgan fingerprint density at radius 2 is 1.07 bits per heavy atom. The Morgan fingerprint density at radius 1 is 0.589 bits per heavy atom. The summed E-state index contributed by atoms with van der Waals surface area (Å²) in [6, 6.07) is 8.87. The van der Waals surface area contributed by atoms with E-state index >= 15 is 0 Å². The normalized spacial score (nSPS) is 47.0. The highest BCUT2D eigenvalue weighted by Crippen LogP contribution is 2.70. The summed E-state index contributed by atoms with van der Waals surface area (Å²) in [5.74, 6) is 6.10. The predicted molar refractivity (Wildman–Crippen MR) is 290 cm³/mol. The fourth-order valence-corrected chi connectivity index (χ4v) is 21.9. The molecule has 8 fully saturated rings. The molecule has 412 valence electrons. The van der Waals surface area contributed by atoms with E-state index in [0.717, 1.165) is 121 Å². The molecule has 1 aromatic carbocycles. The van der Waals surface area contributed by atoms with E-state index in [2.05, 4.69) is 53.7 Å². The first-order chi connectivity index (χ1) is 34.4. The van der Waals surface area contributed by atoms with Gasteiger partial charge in [0.15, 0.2) is 9.84 Å². The first-order valence-corrected chi connectivity index (χ1v) is 31.1. The van der Waals surface area contributed by atoms with Gasteiger partial charge in [0.2, 0.25) is 0 Å². The largest absolute Gasteiger partial charge is 0.400 e. The van der Waals surface area contributed by atoms with Gasteiger partial charge in [-0.2, -0.15) is 0 Å². The molecule has 0 amide bonds. The second kappa shape index (κ2) is 20.5. The number of aliphatic hydroxyl groups is 5. The Balaban J connectivity index is 0.000000179. The van der Waals surface area contributed by atoms with Gasteiger partial charge in [-0.3, -0.25) is 0 Å². The third kappa shape index (κ3) is 10.2.